The minimum Gasteiger partial charge on any atom is -0.481 e. The molecule has 0 saturated heterocycles. The summed E-state index contributed by atoms with van der Waals surface area (Å²) in [6.07, 6.45) is 2.56. The van der Waals surface area contributed by atoms with Crippen LogP contribution in [0.2, 0.25) is 0 Å². The highest BCUT2D eigenvalue weighted by Gasteiger charge is 2.33. The van der Waals surface area contributed by atoms with Crippen LogP contribution in [0.25, 0.3) is 0 Å². The molecular formula is C15H20BrNO2. The lowest BCUT2D eigenvalue weighted by Gasteiger charge is -2.17. The molecule has 1 aliphatic carbocycles. The highest BCUT2D eigenvalue weighted by atomic mass is 79.9. The average Bonchev–Trinajstić information content (AvgIpc) is 3.12. The molecule has 104 valence electrons. The summed E-state index contributed by atoms with van der Waals surface area (Å²) in [5, 5.41) is 9.05. The smallest absolute Gasteiger partial charge is 0.303 e. The van der Waals surface area contributed by atoms with Gasteiger partial charge in [0.15, 0.2) is 0 Å². The van der Waals surface area contributed by atoms with E-state index in [9.17, 15) is 4.79 Å². The molecule has 1 unspecified atom stereocenters. The third-order valence-corrected chi connectivity index (χ3v) is 4.32. The molecular weight excluding hydrogens is 306 g/mol. The Morgan fingerprint density at radius 3 is 2.63 bits per heavy atom. The Balaban J connectivity index is 2.19. The van der Waals surface area contributed by atoms with Crippen molar-refractivity contribution >= 4 is 21.9 Å². The molecule has 19 heavy (non-hydrogen) atoms. The van der Waals surface area contributed by atoms with Crippen molar-refractivity contribution in [2.45, 2.75) is 31.7 Å². The largest absolute Gasteiger partial charge is 0.481 e. The molecule has 0 amide bonds. The molecule has 1 aromatic rings. The molecule has 1 saturated carbocycles. The molecule has 1 atom stereocenters. The standard InChI is InChI=1S/C15H20BrNO2/c1-17(2)9-12-6-5-11(7-14(12)16)13(8-15(18)19)10-3-4-10/h5-7,10,13H,3-4,8-9H2,1-2H3,(H,18,19). The van der Waals surface area contributed by atoms with Crippen molar-refractivity contribution in [3.63, 3.8) is 0 Å². The van der Waals surface area contributed by atoms with E-state index < -0.39 is 5.97 Å². The fourth-order valence-electron chi connectivity index (χ4n) is 2.51. The maximum atomic E-state index is 11.0. The molecule has 0 spiro atoms. The van der Waals surface area contributed by atoms with E-state index in [1.54, 1.807) is 0 Å². The van der Waals surface area contributed by atoms with Crippen molar-refractivity contribution < 1.29 is 9.90 Å². The third-order valence-electron chi connectivity index (χ3n) is 3.58. The highest BCUT2D eigenvalue weighted by molar-refractivity contribution is 9.10. The summed E-state index contributed by atoms with van der Waals surface area (Å²) in [5.41, 5.74) is 2.39. The van der Waals surface area contributed by atoms with Gasteiger partial charge in [-0.3, -0.25) is 4.79 Å². The van der Waals surface area contributed by atoms with Crippen LogP contribution < -0.4 is 0 Å². The first-order valence-corrected chi connectivity index (χ1v) is 7.41. The predicted octanol–water partition coefficient (Wildman–Crippen LogP) is 3.48. The lowest BCUT2D eigenvalue weighted by molar-refractivity contribution is -0.137. The van der Waals surface area contributed by atoms with E-state index in [0.717, 1.165) is 29.4 Å². The number of hydrogen-bond acceptors (Lipinski definition) is 2. The van der Waals surface area contributed by atoms with Crippen LogP contribution in [-0.4, -0.2) is 30.1 Å². The lowest BCUT2D eigenvalue weighted by Crippen LogP contribution is -2.12. The number of rotatable bonds is 6. The minimum absolute atomic E-state index is 0.169. The van der Waals surface area contributed by atoms with E-state index in [1.807, 2.05) is 14.1 Å². The zero-order valence-electron chi connectivity index (χ0n) is 11.4. The maximum absolute atomic E-state index is 11.0. The molecule has 0 aromatic heterocycles. The van der Waals surface area contributed by atoms with E-state index in [4.69, 9.17) is 5.11 Å². The summed E-state index contributed by atoms with van der Waals surface area (Å²) >= 11 is 3.61. The van der Waals surface area contributed by atoms with Crippen LogP contribution in [0.4, 0.5) is 0 Å². The first-order valence-electron chi connectivity index (χ1n) is 6.62. The number of carboxylic acids is 1. The predicted molar refractivity (Wildman–Crippen MR) is 79.3 cm³/mol. The van der Waals surface area contributed by atoms with Crippen molar-refractivity contribution in [1.29, 1.82) is 0 Å². The van der Waals surface area contributed by atoms with Crippen LogP contribution in [0.5, 0.6) is 0 Å². The first kappa shape index (κ1) is 14.5. The van der Waals surface area contributed by atoms with E-state index >= 15 is 0 Å². The topological polar surface area (TPSA) is 40.5 Å². The lowest BCUT2D eigenvalue weighted by atomic mass is 9.90. The molecule has 1 aromatic carbocycles. The SMILES string of the molecule is CN(C)Cc1ccc(C(CC(=O)O)C2CC2)cc1Br. The van der Waals surface area contributed by atoms with Gasteiger partial charge in [-0.2, -0.15) is 0 Å². The monoisotopic (exact) mass is 325 g/mol. The molecule has 2 rings (SSSR count). The van der Waals surface area contributed by atoms with Gasteiger partial charge in [0.25, 0.3) is 0 Å². The second-order valence-electron chi connectivity index (χ2n) is 5.63. The van der Waals surface area contributed by atoms with Crippen molar-refractivity contribution in [2.75, 3.05) is 14.1 Å². The van der Waals surface area contributed by atoms with E-state index in [1.165, 1.54) is 5.56 Å². The number of benzene rings is 1. The number of halogens is 1. The van der Waals surface area contributed by atoms with Gasteiger partial charge in [-0.15, -0.1) is 0 Å². The number of nitrogens with zero attached hydrogens (tertiary/aromatic N) is 1. The summed E-state index contributed by atoms with van der Waals surface area (Å²) in [6.45, 7) is 0.883. The summed E-state index contributed by atoms with van der Waals surface area (Å²) < 4.78 is 1.08. The van der Waals surface area contributed by atoms with Gasteiger partial charge in [-0.1, -0.05) is 28.1 Å². The van der Waals surface area contributed by atoms with Crippen molar-refractivity contribution in [3.8, 4) is 0 Å². The Bertz CT molecular complexity index is 469. The van der Waals surface area contributed by atoms with E-state index in [2.05, 4.69) is 39.0 Å². The Kier molecular flexibility index (Phi) is 4.63. The number of aliphatic carboxylic acids is 1. The van der Waals surface area contributed by atoms with Crippen molar-refractivity contribution in [2.24, 2.45) is 5.92 Å². The van der Waals surface area contributed by atoms with Crippen LogP contribution in [0.1, 0.15) is 36.3 Å². The van der Waals surface area contributed by atoms with Gasteiger partial charge in [-0.25, -0.2) is 0 Å². The van der Waals surface area contributed by atoms with Gasteiger partial charge in [0.05, 0.1) is 6.42 Å². The molecule has 0 heterocycles. The van der Waals surface area contributed by atoms with Crippen LogP contribution in [0.15, 0.2) is 22.7 Å². The van der Waals surface area contributed by atoms with Crippen LogP contribution >= 0.6 is 15.9 Å². The van der Waals surface area contributed by atoms with E-state index in [0.29, 0.717) is 5.92 Å². The molecule has 0 radical (unpaired) electrons. The quantitative estimate of drug-likeness (QED) is 0.870. The van der Waals surface area contributed by atoms with Crippen LogP contribution in [0, 0.1) is 5.92 Å². The van der Waals surface area contributed by atoms with Gasteiger partial charge < -0.3 is 10.0 Å². The van der Waals surface area contributed by atoms with Gasteiger partial charge >= 0.3 is 5.97 Å². The second kappa shape index (κ2) is 6.06. The molecule has 1 aliphatic rings. The Labute approximate surface area is 122 Å². The van der Waals surface area contributed by atoms with Gasteiger partial charge in [0.2, 0.25) is 0 Å². The van der Waals surface area contributed by atoms with E-state index in [-0.39, 0.29) is 12.3 Å². The summed E-state index contributed by atoms with van der Waals surface area (Å²) in [5.74, 6) is 0.0234. The summed E-state index contributed by atoms with van der Waals surface area (Å²) in [6, 6.07) is 6.30. The number of carboxylic acid groups (broad SMARTS) is 1. The average molecular weight is 326 g/mol. The fourth-order valence-corrected chi connectivity index (χ4v) is 3.03. The Morgan fingerprint density at radius 2 is 2.16 bits per heavy atom. The molecule has 1 fully saturated rings. The second-order valence-corrected chi connectivity index (χ2v) is 6.48. The first-order chi connectivity index (χ1) is 8.97. The number of hydrogen-bond donors (Lipinski definition) is 1. The van der Waals surface area contributed by atoms with Crippen LogP contribution in [0.3, 0.4) is 0 Å². The van der Waals surface area contributed by atoms with Gasteiger partial charge in [-0.05, 0) is 56.0 Å². The van der Waals surface area contributed by atoms with Crippen molar-refractivity contribution in [1.82, 2.24) is 4.90 Å². The highest BCUT2D eigenvalue weighted by Crippen LogP contribution is 2.45. The molecule has 1 N–H and O–H groups in total. The third kappa shape index (κ3) is 4.05. The zero-order valence-corrected chi connectivity index (χ0v) is 13.0. The Morgan fingerprint density at radius 1 is 1.47 bits per heavy atom. The summed E-state index contributed by atoms with van der Waals surface area (Å²) in [4.78, 5) is 13.1. The normalized spacial score (nSPS) is 16.6. The molecule has 4 heteroatoms. The fraction of sp³-hybridized carbons (Fsp3) is 0.533. The maximum Gasteiger partial charge on any atom is 0.303 e. The zero-order chi connectivity index (χ0) is 14.0. The summed E-state index contributed by atoms with van der Waals surface area (Å²) in [7, 11) is 4.08. The van der Waals surface area contributed by atoms with Gasteiger partial charge in [0, 0.05) is 11.0 Å². The Hall–Kier alpha value is -0.870. The molecule has 0 bridgehead atoms. The minimum atomic E-state index is -0.703. The molecule has 3 nitrogen and oxygen atoms in total. The molecule has 0 aliphatic heterocycles. The number of carbonyl (C=O) groups is 1. The van der Waals surface area contributed by atoms with Crippen molar-refractivity contribution in [3.05, 3.63) is 33.8 Å². The van der Waals surface area contributed by atoms with Gasteiger partial charge in [0.1, 0.15) is 0 Å². The van der Waals surface area contributed by atoms with Crippen LogP contribution in [-0.2, 0) is 11.3 Å².